The molecule has 96 valence electrons. The minimum Gasteiger partial charge on any atom is -0.435 e. The number of nitrogens with one attached hydrogen (secondary N) is 1. The summed E-state index contributed by atoms with van der Waals surface area (Å²) in [5.41, 5.74) is 0.926. The first-order valence-electron chi connectivity index (χ1n) is 5.93. The monoisotopic (exact) mass is 243 g/mol. The quantitative estimate of drug-likeness (QED) is 0.771. The molecule has 0 aliphatic carbocycles. The van der Waals surface area contributed by atoms with Gasteiger partial charge in [-0.2, -0.15) is 8.78 Å². The molecule has 0 saturated heterocycles. The molecule has 1 N–H and O–H groups in total. The number of benzene rings is 1. The van der Waals surface area contributed by atoms with Crippen molar-refractivity contribution in [3.05, 3.63) is 24.3 Å². The van der Waals surface area contributed by atoms with Gasteiger partial charge < -0.3 is 10.1 Å². The van der Waals surface area contributed by atoms with Crippen LogP contribution in [0.1, 0.15) is 33.1 Å². The van der Waals surface area contributed by atoms with E-state index in [1.807, 2.05) is 0 Å². The number of ether oxygens (including phenoxy) is 1. The lowest BCUT2D eigenvalue weighted by molar-refractivity contribution is -0.0498. The number of alkyl halides is 2. The molecule has 17 heavy (non-hydrogen) atoms. The van der Waals surface area contributed by atoms with Crippen LogP contribution in [0.2, 0.25) is 0 Å². The average molecular weight is 243 g/mol. The summed E-state index contributed by atoms with van der Waals surface area (Å²) in [6.45, 7) is 1.50. The van der Waals surface area contributed by atoms with Gasteiger partial charge in [0.15, 0.2) is 0 Å². The second-order valence-corrected chi connectivity index (χ2v) is 4.09. The van der Waals surface area contributed by atoms with E-state index in [1.165, 1.54) is 12.8 Å². The highest BCUT2D eigenvalue weighted by Crippen LogP contribution is 2.18. The molecule has 1 aromatic carbocycles. The lowest BCUT2D eigenvalue weighted by Gasteiger charge is -2.15. The average Bonchev–Trinajstić information content (AvgIpc) is 2.28. The molecule has 0 bridgehead atoms. The Kier molecular flexibility index (Phi) is 5.73. The van der Waals surface area contributed by atoms with E-state index >= 15 is 0 Å². The molecule has 4 heteroatoms. The fourth-order valence-electron chi connectivity index (χ4n) is 1.60. The highest BCUT2D eigenvalue weighted by molar-refractivity contribution is 5.46. The van der Waals surface area contributed by atoms with Crippen molar-refractivity contribution >= 4 is 5.69 Å². The summed E-state index contributed by atoms with van der Waals surface area (Å²) in [7, 11) is 0. The topological polar surface area (TPSA) is 21.3 Å². The maximum absolute atomic E-state index is 11.9. The van der Waals surface area contributed by atoms with Crippen molar-refractivity contribution in [3.63, 3.8) is 0 Å². The van der Waals surface area contributed by atoms with Crippen LogP contribution in [0, 0.1) is 0 Å². The van der Waals surface area contributed by atoms with E-state index in [0.29, 0.717) is 6.04 Å². The molecular formula is C13H19F2NO. The van der Waals surface area contributed by atoms with Crippen LogP contribution < -0.4 is 10.1 Å². The Bertz CT molecular complexity index is 314. The summed E-state index contributed by atoms with van der Waals surface area (Å²) in [6.07, 6.45) is 3.46. The molecule has 0 aliphatic rings. The van der Waals surface area contributed by atoms with Gasteiger partial charge in [0.1, 0.15) is 5.75 Å². The number of halogens is 2. The predicted molar refractivity (Wildman–Crippen MR) is 65.7 cm³/mol. The molecule has 0 amide bonds. The lowest BCUT2D eigenvalue weighted by atomic mass is 10.1. The van der Waals surface area contributed by atoms with Crippen LogP contribution in [0.25, 0.3) is 0 Å². The van der Waals surface area contributed by atoms with Crippen LogP contribution in [-0.2, 0) is 0 Å². The van der Waals surface area contributed by atoms with Crippen molar-refractivity contribution in [1.82, 2.24) is 0 Å². The first kappa shape index (κ1) is 13.7. The van der Waals surface area contributed by atoms with E-state index in [-0.39, 0.29) is 5.75 Å². The summed E-state index contributed by atoms with van der Waals surface area (Å²) in [5.74, 6) is 0.187. The molecule has 0 spiro atoms. The Morgan fingerprint density at radius 3 is 2.41 bits per heavy atom. The van der Waals surface area contributed by atoms with Gasteiger partial charge in [-0.05, 0) is 37.6 Å². The van der Waals surface area contributed by atoms with Crippen molar-refractivity contribution in [1.29, 1.82) is 0 Å². The van der Waals surface area contributed by atoms with Crippen LogP contribution in [0.4, 0.5) is 14.5 Å². The SMILES string of the molecule is CCCCC(C)Nc1ccc(OC(F)F)cc1. The maximum Gasteiger partial charge on any atom is 0.387 e. The van der Waals surface area contributed by atoms with Crippen molar-refractivity contribution in [2.45, 2.75) is 45.8 Å². The van der Waals surface area contributed by atoms with Gasteiger partial charge in [0, 0.05) is 11.7 Å². The number of unbranched alkanes of at least 4 members (excludes halogenated alkanes) is 1. The van der Waals surface area contributed by atoms with Crippen LogP contribution in [0.3, 0.4) is 0 Å². The molecule has 0 fully saturated rings. The van der Waals surface area contributed by atoms with Crippen molar-refractivity contribution in [2.24, 2.45) is 0 Å². The van der Waals surface area contributed by atoms with E-state index in [2.05, 4.69) is 23.9 Å². The lowest BCUT2D eigenvalue weighted by Crippen LogP contribution is -2.14. The third-order valence-corrected chi connectivity index (χ3v) is 2.48. The van der Waals surface area contributed by atoms with E-state index in [0.717, 1.165) is 12.1 Å². The summed E-state index contributed by atoms with van der Waals surface area (Å²) in [6, 6.07) is 6.97. The van der Waals surface area contributed by atoms with Gasteiger partial charge in [-0.1, -0.05) is 19.8 Å². The van der Waals surface area contributed by atoms with Crippen LogP contribution >= 0.6 is 0 Å². The molecule has 2 nitrogen and oxygen atoms in total. The predicted octanol–water partition coefficient (Wildman–Crippen LogP) is 4.28. The number of anilines is 1. The Morgan fingerprint density at radius 2 is 1.88 bits per heavy atom. The van der Waals surface area contributed by atoms with Gasteiger partial charge in [0.25, 0.3) is 0 Å². The maximum atomic E-state index is 11.9. The summed E-state index contributed by atoms with van der Waals surface area (Å²) in [4.78, 5) is 0. The van der Waals surface area contributed by atoms with Gasteiger partial charge in [-0.15, -0.1) is 0 Å². The van der Waals surface area contributed by atoms with Gasteiger partial charge in [-0.3, -0.25) is 0 Å². The standard InChI is InChI=1S/C13H19F2NO/c1-3-4-5-10(2)16-11-6-8-12(9-7-11)17-13(14)15/h6-10,13,16H,3-5H2,1-2H3. The van der Waals surface area contributed by atoms with Crippen LogP contribution in [0.5, 0.6) is 5.75 Å². The third kappa shape index (κ3) is 5.52. The zero-order chi connectivity index (χ0) is 12.7. The Morgan fingerprint density at radius 1 is 1.24 bits per heavy atom. The first-order valence-corrected chi connectivity index (χ1v) is 5.93. The molecule has 0 aliphatic heterocycles. The minimum absolute atomic E-state index is 0.187. The first-order chi connectivity index (χ1) is 8.11. The molecule has 1 aromatic rings. The van der Waals surface area contributed by atoms with E-state index < -0.39 is 6.61 Å². The van der Waals surface area contributed by atoms with Crippen LogP contribution in [-0.4, -0.2) is 12.7 Å². The number of hydrogen-bond acceptors (Lipinski definition) is 2. The van der Waals surface area contributed by atoms with Crippen molar-refractivity contribution < 1.29 is 13.5 Å². The molecule has 0 radical (unpaired) electrons. The molecule has 0 aromatic heterocycles. The molecule has 0 heterocycles. The van der Waals surface area contributed by atoms with Crippen molar-refractivity contribution in [2.75, 3.05) is 5.32 Å². The van der Waals surface area contributed by atoms with Crippen molar-refractivity contribution in [3.8, 4) is 5.75 Å². The summed E-state index contributed by atoms with van der Waals surface area (Å²) in [5, 5.41) is 3.31. The zero-order valence-electron chi connectivity index (χ0n) is 10.2. The number of hydrogen-bond donors (Lipinski definition) is 1. The van der Waals surface area contributed by atoms with Crippen LogP contribution in [0.15, 0.2) is 24.3 Å². The Hall–Kier alpha value is -1.32. The zero-order valence-corrected chi connectivity index (χ0v) is 10.2. The minimum atomic E-state index is -2.77. The summed E-state index contributed by atoms with van der Waals surface area (Å²) < 4.78 is 28.1. The van der Waals surface area contributed by atoms with Gasteiger partial charge in [-0.25, -0.2) is 0 Å². The Balaban J connectivity index is 2.44. The fourth-order valence-corrected chi connectivity index (χ4v) is 1.60. The van der Waals surface area contributed by atoms with E-state index in [9.17, 15) is 8.78 Å². The molecular weight excluding hydrogens is 224 g/mol. The summed E-state index contributed by atoms with van der Waals surface area (Å²) >= 11 is 0. The van der Waals surface area contributed by atoms with E-state index in [1.54, 1.807) is 24.3 Å². The normalized spacial score (nSPS) is 12.5. The smallest absolute Gasteiger partial charge is 0.387 e. The molecule has 0 saturated carbocycles. The number of rotatable bonds is 7. The highest BCUT2D eigenvalue weighted by Gasteiger charge is 2.05. The Labute approximate surface area is 101 Å². The largest absolute Gasteiger partial charge is 0.435 e. The third-order valence-electron chi connectivity index (χ3n) is 2.48. The molecule has 1 rings (SSSR count). The molecule has 1 unspecified atom stereocenters. The second kappa shape index (κ2) is 7.09. The molecule has 1 atom stereocenters. The van der Waals surface area contributed by atoms with E-state index in [4.69, 9.17) is 0 Å². The second-order valence-electron chi connectivity index (χ2n) is 4.09. The fraction of sp³-hybridized carbons (Fsp3) is 0.538. The van der Waals surface area contributed by atoms with Gasteiger partial charge in [0.05, 0.1) is 0 Å². The van der Waals surface area contributed by atoms with Gasteiger partial charge >= 0.3 is 6.61 Å². The van der Waals surface area contributed by atoms with Gasteiger partial charge in [0.2, 0.25) is 0 Å². The highest BCUT2D eigenvalue weighted by atomic mass is 19.3.